The summed E-state index contributed by atoms with van der Waals surface area (Å²) in [5, 5.41) is 6.00. The molecular formula is C17H10F3N3O2. The summed E-state index contributed by atoms with van der Waals surface area (Å²) in [5.41, 5.74) is -0.779. The molecule has 1 aromatic heterocycles. The third kappa shape index (κ3) is 3.27. The molecule has 0 radical (unpaired) electrons. The van der Waals surface area contributed by atoms with E-state index in [1.807, 2.05) is 0 Å². The fourth-order valence-electron chi connectivity index (χ4n) is 2.10. The first-order valence-electron chi connectivity index (χ1n) is 7.08. The maximum atomic E-state index is 13.6. The van der Waals surface area contributed by atoms with Crippen LogP contribution in [-0.4, -0.2) is 15.7 Å². The van der Waals surface area contributed by atoms with E-state index in [1.54, 1.807) is 30.3 Å². The second-order valence-corrected chi connectivity index (χ2v) is 4.98. The SMILES string of the molecule is O=C(Nc1ccc(F)c(F)c1F)c1ccc(=O)n(-c2ccccc2)n1. The van der Waals surface area contributed by atoms with Crippen LogP contribution < -0.4 is 10.9 Å². The van der Waals surface area contributed by atoms with E-state index < -0.39 is 34.6 Å². The van der Waals surface area contributed by atoms with Crippen LogP contribution in [0.2, 0.25) is 0 Å². The lowest BCUT2D eigenvalue weighted by Gasteiger charge is -2.09. The van der Waals surface area contributed by atoms with Gasteiger partial charge in [-0.15, -0.1) is 0 Å². The lowest BCUT2D eigenvalue weighted by Crippen LogP contribution is -2.25. The number of hydrogen-bond acceptors (Lipinski definition) is 3. The first kappa shape index (κ1) is 16.4. The van der Waals surface area contributed by atoms with Gasteiger partial charge in [0, 0.05) is 6.07 Å². The van der Waals surface area contributed by atoms with Crippen LogP contribution in [0, 0.1) is 17.5 Å². The van der Waals surface area contributed by atoms with E-state index in [1.165, 1.54) is 0 Å². The lowest BCUT2D eigenvalue weighted by atomic mass is 10.2. The minimum atomic E-state index is -1.69. The summed E-state index contributed by atoms with van der Waals surface area (Å²) in [6, 6.07) is 12.2. The highest BCUT2D eigenvalue weighted by molar-refractivity contribution is 6.02. The molecule has 1 amide bonds. The van der Waals surface area contributed by atoms with Crippen LogP contribution in [-0.2, 0) is 0 Å². The van der Waals surface area contributed by atoms with Crippen molar-refractivity contribution in [1.29, 1.82) is 0 Å². The zero-order valence-corrected chi connectivity index (χ0v) is 12.5. The van der Waals surface area contributed by atoms with Gasteiger partial charge in [-0.05, 0) is 30.3 Å². The number of nitrogens with one attached hydrogen (secondary N) is 1. The number of carbonyl (C=O) groups excluding carboxylic acids is 1. The van der Waals surface area contributed by atoms with Gasteiger partial charge in [0.2, 0.25) is 0 Å². The molecule has 0 aliphatic heterocycles. The predicted octanol–water partition coefficient (Wildman–Crippen LogP) is 2.90. The number of amides is 1. The number of anilines is 1. The highest BCUT2D eigenvalue weighted by Crippen LogP contribution is 2.20. The van der Waals surface area contributed by atoms with E-state index in [2.05, 4.69) is 10.4 Å². The van der Waals surface area contributed by atoms with E-state index in [4.69, 9.17) is 0 Å². The molecule has 126 valence electrons. The number of hydrogen-bond donors (Lipinski definition) is 1. The van der Waals surface area contributed by atoms with E-state index in [0.29, 0.717) is 11.8 Å². The average Bonchev–Trinajstić information content (AvgIpc) is 2.63. The molecule has 0 spiro atoms. The fourth-order valence-corrected chi connectivity index (χ4v) is 2.10. The van der Waals surface area contributed by atoms with E-state index in [0.717, 1.165) is 22.9 Å². The molecule has 0 atom stereocenters. The highest BCUT2D eigenvalue weighted by Gasteiger charge is 2.17. The molecule has 5 nitrogen and oxygen atoms in total. The van der Waals surface area contributed by atoms with Crippen molar-refractivity contribution in [1.82, 2.24) is 9.78 Å². The lowest BCUT2D eigenvalue weighted by molar-refractivity contribution is 0.102. The molecule has 0 fully saturated rings. The maximum Gasteiger partial charge on any atom is 0.276 e. The number of halogens is 3. The van der Waals surface area contributed by atoms with Crippen LogP contribution in [0.25, 0.3) is 5.69 Å². The fraction of sp³-hybridized carbons (Fsp3) is 0. The van der Waals surface area contributed by atoms with E-state index in [-0.39, 0.29) is 5.69 Å². The minimum absolute atomic E-state index is 0.201. The summed E-state index contributed by atoms with van der Waals surface area (Å²) < 4.78 is 40.8. The third-order valence-corrected chi connectivity index (χ3v) is 3.32. The van der Waals surface area contributed by atoms with Gasteiger partial charge in [-0.3, -0.25) is 9.59 Å². The molecule has 0 saturated heterocycles. The first-order chi connectivity index (χ1) is 12.0. The number of aromatic nitrogens is 2. The Labute approximate surface area is 139 Å². The predicted molar refractivity (Wildman–Crippen MR) is 84.1 cm³/mol. The zero-order chi connectivity index (χ0) is 18.0. The molecule has 3 rings (SSSR count). The quantitative estimate of drug-likeness (QED) is 0.743. The molecule has 0 aliphatic rings. The number of nitrogens with zero attached hydrogens (tertiary/aromatic N) is 2. The Morgan fingerprint density at radius 3 is 2.36 bits per heavy atom. The molecular weight excluding hydrogens is 335 g/mol. The van der Waals surface area contributed by atoms with Gasteiger partial charge in [-0.2, -0.15) is 9.78 Å². The Morgan fingerprint density at radius 1 is 0.920 bits per heavy atom. The van der Waals surface area contributed by atoms with Gasteiger partial charge in [0.15, 0.2) is 17.5 Å². The molecule has 0 bridgehead atoms. The monoisotopic (exact) mass is 345 g/mol. The van der Waals surface area contributed by atoms with Crippen molar-refractivity contribution in [3.8, 4) is 5.69 Å². The molecule has 0 saturated carbocycles. The molecule has 8 heteroatoms. The van der Waals surface area contributed by atoms with Crippen LogP contribution in [0.1, 0.15) is 10.5 Å². The maximum absolute atomic E-state index is 13.6. The van der Waals surface area contributed by atoms with Crippen molar-refractivity contribution in [2.75, 3.05) is 5.32 Å². The third-order valence-electron chi connectivity index (χ3n) is 3.32. The summed E-state index contributed by atoms with van der Waals surface area (Å²) in [6.45, 7) is 0. The Bertz CT molecular complexity index is 1000. The van der Waals surface area contributed by atoms with Crippen molar-refractivity contribution in [3.05, 3.63) is 88.1 Å². The van der Waals surface area contributed by atoms with Crippen molar-refractivity contribution in [3.63, 3.8) is 0 Å². The zero-order valence-electron chi connectivity index (χ0n) is 12.5. The van der Waals surface area contributed by atoms with Crippen LogP contribution in [0.15, 0.2) is 59.4 Å². The van der Waals surface area contributed by atoms with E-state index in [9.17, 15) is 22.8 Å². The largest absolute Gasteiger partial charge is 0.318 e. The Hall–Kier alpha value is -3.42. The van der Waals surface area contributed by atoms with Crippen LogP contribution in [0.3, 0.4) is 0 Å². The normalized spacial score (nSPS) is 10.5. The molecule has 0 aliphatic carbocycles. The van der Waals surface area contributed by atoms with Crippen LogP contribution >= 0.6 is 0 Å². The van der Waals surface area contributed by atoms with Gasteiger partial charge in [-0.1, -0.05) is 18.2 Å². The summed E-state index contributed by atoms with van der Waals surface area (Å²) in [4.78, 5) is 24.1. The molecule has 2 aromatic carbocycles. The summed E-state index contributed by atoms with van der Waals surface area (Å²) in [7, 11) is 0. The molecule has 1 N–H and O–H groups in total. The highest BCUT2D eigenvalue weighted by atomic mass is 19.2. The molecule has 3 aromatic rings. The number of rotatable bonds is 3. The van der Waals surface area contributed by atoms with Crippen molar-refractivity contribution < 1.29 is 18.0 Å². The van der Waals surface area contributed by atoms with Crippen molar-refractivity contribution in [2.45, 2.75) is 0 Å². The van der Waals surface area contributed by atoms with Crippen molar-refractivity contribution >= 4 is 11.6 Å². The minimum Gasteiger partial charge on any atom is -0.318 e. The Kier molecular flexibility index (Phi) is 4.34. The van der Waals surface area contributed by atoms with Gasteiger partial charge in [0.1, 0.15) is 5.69 Å². The van der Waals surface area contributed by atoms with Crippen LogP contribution in [0.4, 0.5) is 18.9 Å². The molecule has 0 unspecified atom stereocenters. The summed E-state index contributed by atoms with van der Waals surface area (Å²) in [5.74, 6) is -5.47. The van der Waals surface area contributed by atoms with Gasteiger partial charge in [-0.25, -0.2) is 13.2 Å². The van der Waals surface area contributed by atoms with Gasteiger partial charge >= 0.3 is 0 Å². The number of para-hydroxylation sites is 1. The summed E-state index contributed by atoms with van der Waals surface area (Å²) in [6.07, 6.45) is 0. The van der Waals surface area contributed by atoms with Gasteiger partial charge in [0.05, 0.1) is 11.4 Å². The second-order valence-electron chi connectivity index (χ2n) is 4.98. The molecule has 25 heavy (non-hydrogen) atoms. The first-order valence-corrected chi connectivity index (χ1v) is 7.08. The van der Waals surface area contributed by atoms with Gasteiger partial charge < -0.3 is 5.32 Å². The second kappa shape index (κ2) is 6.60. The summed E-state index contributed by atoms with van der Waals surface area (Å²) >= 11 is 0. The van der Waals surface area contributed by atoms with Crippen molar-refractivity contribution in [2.24, 2.45) is 0 Å². The average molecular weight is 345 g/mol. The number of benzene rings is 2. The Morgan fingerprint density at radius 2 is 1.64 bits per heavy atom. The Balaban J connectivity index is 1.94. The standard InChI is InChI=1S/C17H10F3N3O2/c18-11-6-7-12(16(20)15(11)19)21-17(25)13-8-9-14(24)23(22-13)10-4-2-1-3-5-10/h1-9H,(H,21,25). The topological polar surface area (TPSA) is 64.0 Å². The van der Waals surface area contributed by atoms with E-state index >= 15 is 0 Å². The number of carbonyl (C=O) groups is 1. The smallest absolute Gasteiger partial charge is 0.276 e. The van der Waals surface area contributed by atoms with Crippen LogP contribution in [0.5, 0.6) is 0 Å². The molecule has 1 heterocycles. The van der Waals surface area contributed by atoms with Gasteiger partial charge in [0.25, 0.3) is 11.5 Å².